The number of benzene rings is 2. The van der Waals surface area contributed by atoms with Gasteiger partial charge in [-0.3, -0.25) is 0 Å². The molecule has 0 saturated heterocycles. The molecule has 0 amide bonds. The number of hydrogen-bond donors (Lipinski definition) is 1. The van der Waals surface area contributed by atoms with Gasteiger partial charge in [0.2, 0.25) is 0 Å². The maximum absolute atomic E-state index is 6.04. The van der Waals surface area contributed by atoms with Crippen molar-refractivity contribution in [2.24, 2.45) is 5.73 Å². The van der Waals surface area contributed by atoms with E-state index in [1.165, 1.54) is 5.56 Å². The van der Waals surface area contributed by atoms with E-state index in [2.05, 4.69) is 41.1 Å². The van der Waals surface area contributed by atoms with Gasteiger partial charge in [0.15, 0.2) is 0 Å². The zero-order valence-corrected chi connectivity index (χ0v) is 14.3. The highest BCUT2D eigenvalue weighted by Crippen LogP contribution is 2.27. The van der Waals surface area contributed by atoms with E-state index in [1.807, 2.05) is 44.4 Å². The van der Waals surface area contributed by atoms with Crippen molar-refractivity contribution in [3.05, 3.63) is 60.2 Å². The minimum Gasteiger partial charge on any atom is -0.492 e. The van der Waals surface area contributed by atoms with Crippen molar-refractivity contribution in [3.8, 4) is 5.75 Å². The second-order valence-electron chi connectivity index (χ2n) is 5.92. The average Bonchev–Trinajstić information content (AvgIpc) is 2.56. The number of hydrogen-bond acceptors (Lipinski definition) is 4. The molecular weight excluding hydrogens is 286 g/mol. The maximum Gasteiger partial charge on any atom is 0.119 e. The number of para-hydroxylation sites is 1. The van der Waals surface area contributed by atoms with Crippen LogP contribution in [-0.2, 0) is 0 Å². The zero-order valence-electron chi connectivity index (χ0n) is 14.3. The number of rotatable bonds is 8. The predicted octanol–water partition coefficient (Wildman–Crippen LogP) is 2.76. The SMILES string of the molecule is CN(C)CCOc1cccc(C(CN)N(C)c2ccccc2)c1. The molecule has 1 atom stereocenters. The summed E-state index contributed by atoms with van der Waals surface area (Å²) >= 11 is 0. The quantitative estimate of drug-likeness (QED) is 0.814. The van der Waals surface area contributed by atoms with Gasteiger partial charge in [0, 0.05) is 25.8 Å². The third-order valence-corrected chi connectivity index (χ3v) is 3.90. The zero-order chi connectivity index (χ0) is 16.7. The van der Waals surface area contributed by atoms with Gasteiger partial charge in [0.1, 0.15) is 12.4 Å². The van der Waals surface area contributed by atoms with Crippen molar-refractivity contribution in [3.63, 3.8) is 0 Å². The fourth-order valence-electron chi connectivity index (χ4n) is 2.52. The highest BCUT2D eigenvalue weighted by Gasteiger charge is 2.16. The summed E-state index contributed by atoms with van der Waals surface area (Å²) < 4.78 is 5.84. The molecule has 23 heavy (non-hydrogen) atoms. The molecule has 0 saturated carbocycles. The first-order valence-electron chi connectivity index (χ1n) is 7.97. The molecule has 2 N–H and O–H groups in total. The van der Waals surface area contributed by atoms with Crippen LogP contribution in [0.3, 0.4) is 0 Å². The van der Waals surface area contributed by atoms with Crippen molar-refractivity contribution >= 4 is 5.69 Å². The molecule has 2 aromatic carbocycles. The number of ether oxygens (including phenoxy) is 1. The highest BCUT2D eigenvalue weighted by atomic mass is 16.5. The van der Waals surface area contributed by atoms with E-state index in [0.29, 0.717) is 13.2 Å². The lowest BCUT2D eigenvalue weighted by Crippen LogP contribution is -2.30. The third kappa shape index (κ3) is 4.98. The van der Waals surface area contributed by atoms with Crippen LogP contribution in [-0.4, -0.2) is 45.7 Å². The first-order valence-corrected chi connectivity index (χ1v) is 7.97. The lowest BCUT2D eigenvalue weighted by atomic mass is 10.0. The van der Waals surface area contributed by atoms with E-state index in [4.69, 9.17) is 10.5 Å². The van der Waals surface area contributed by atoms with Gasteiger partial charge in [-0.1, -0.05) is 30.3 Å². The smallest absolute Gasteiger partial charge is 0.119 e. The van der Waals surface area contributed by atoms with Crippen LogP contribution in [0.5, 0.6) is 5.75 Å². The van der Waals surface area contributed by atoms with Crippen LogP contribution in [0.4, 0.5) is 5.69 Å². The third-order valence-electron chi connectivity index (χ3n) is 3.90. The Bertz CT molecular complexity index is 586. The van der Waals surface area contributed by atoms with E-state index in [-0.39, 0.29) is 6.04 Å². The number of anilines is 1. The Hall–Kier alpha value is -2.04. The summed E-state index contributed by atoms with van der Waals surface area (Å²) in [5.74, 6) is 0.893. The van der Waals surface area contributed by atoms with Crippen molar-refractivity contribution < 1.29 is 4.74 Å². The molecule has 0 bridgehead atoms. The molecule has 0 radical (unpaired) electrons. The van der Waals surface area contributed by atoms with Gasteiger partial charge in [-0.05, 0) is 43.9 Å². The van der Waals surface area contributed by atoms with Gasteiger partial charge in [-0.15, -0.1) is 0 Å². The van der Waals surface area contributed by atoms with Gasteiger partial charge >= 0.3 is 0 Å². The lowest BCUT2D eigenvalue weighted by molar-refractivity contribution is 0.261. The summed E-state index contributed by atoms with van der Waals surface area (Å²) in [7, 11) is 6.16. The molecule has 0 spiro atoms. The first kappa shape index (κ1) is 17.3. The average molecular weight is 313 g/mol. The summed E-state index contributed by atoms with van der Waals surface area (Å²) in [5, 5.41) is 0. The van der Waals surface area contributed by atoms with E-state index >= 15 is 0 Å². The number of likely N-dealkylation sites (N-methyl/N-ethyl adjacent to an activating group) is 2. The topological polar surface area (TPSA) is 41.7 Å². The second kappa shape index (κ2) is 8.56. The molecule has 4 heteroatoms. The van der Waals surface area contributed by atoms with Gasteiger partial charge in [-0.2, -0.15) is 0 Å². The lowest BCUT2D eigenvalue weighted by Gasteiger charge is -2.29. The van der Waals surface area contributed by atoms with E-state index in [1.54, 1.807) is 0 Å². The van der Waals surface area contributed by atoms with Crippen molar-refractivity contribution in [2.75, 3.05) is 45.7 Å². The fraction of sp³-hybridized carbons (Fsp3) is 0.368. The van der Waals surface area contributed by atoms with Gasteiger partial charge in [0.05, 0.1) is 6.04 Å². The molecule has 1 unspecified atom stereocenters. The summed E-state index contributed by atoms with van der Waals surface area (Å²) in [5.41, 5.74) is 8.37. The molecule has 0 fully saturated rings. The summed E-state index contributed by atoms with van der Waals surface area (Å²) in [6.07, 6.45) is 0. The Kier molecular flexibility index (Phi) is 6.44. The maximum atomic E-state index is 6.04. The number of nitrogens with zero attached hydrogens (tertiary/aromatic N) is 2. The predicted molar refractivity (Wildman–Crippen MR) is 97.1 cm³/mol. The van der Waals surface area contributed by atoms with Gasteiger partial charge in [-0.25, -0.2) is 0 Å². The molecule has 0 aliphatic heterocycles. The summed E-state index contributed by atoms with van der Waals surface area (Å²) in [6.45, 7) is 2.12. The molecule has 0 heterocycles. The standard InChI is InChI=1S/C19H27N3O/c1-21(2)12-13-23-18-11-7-8-16(14-18)19(15-20)22(3)17-9-5-4-6-10-17/h4-11,14,19H,12-13,15,20H2,1-3H3. The Balaban J connectivity index is 2.11. The molecule has 2 aromatic rings. The van der Waals surface area contributed by atoms with Crippen LogP contribution in [0.25, 0.3) is 0 Å². The fourth-order valence-corrected chi connectivity index (χ4v) is 2.52. The van der Waals surface area contributed by atoms with Crippen molar-refractivity contribution in [1.29, 1.82) is 0 Å². The summed E-state index contributed by atoms with van der Waals surface area (Å²) in [4.78, 5) is 4.31. The van der Waals surface area contributed by atoms with Crippen molar-refractivity contribution in [1.82, 2.24) is 4.90 Å². The van der Waals surface area contributed by atoms with E-state index in [9.17, 15) is 0 Å². The molecule has 0 aliphatic rings. The Morgan fingerprint density at radius 1 is 1.00 bits per heavy atom. The molecule has 2 rings (SSSR count). The largest absolute Gasteiger partial charge is 0.492 e. The van der Waals surface area contributed by atoms with Crippen LogP contribution in [0.2, 0.25) is 0 Å². The molecule has 124 valence electrons. The molecular formula is C19H27N3O. The van der Waals surface area contributed by atoms with Gasteiger partial charge in [0.25, 0.3) is 0 Å². The Morgan fingerprint density at radius 2 is 1.74 bits per heavy atom. The normalized spacial score (nSPS) is 12.2. The second-order valence-corrected chi connectivity index (χ2v) is 5.92. The van der Waals surface area contributed by atoms with Crippen LogP contribution in [0.1, 0.15) is 11.6 Å². The Labute approximate surface area is 139 Å². The van der Waals surface area contributed by atoms with Crippen LogP contribution in [0.15, 0.2) is 54.6 Å². The minimum absolute atomic E-state index is 0.120. The monoisotopic (exact) mass is 313 g/mol. The molecule has 0 aliphatic carbocycles. The van der Waals surface area contributed by atoms with E-state index in [0.717, 1.165) is 18.0 Å². The molecule has 4 nitrogen and oxygen atoms in total. The van der Waals surface area contributed by atoms with E-state index < -0.39 is 0 Å². The van der Waals surface area contributed by atoms with Crippen molar-refractivity contribution in [2.45, 2.75) is 6.04 Å². The highest BCUT2D eigenvalue weighted by molar-refractivity contribution is 5.48. The Morgan fingerprint density at radius 3 is 2.39 bits per heavy atom. The number of nitrogens with two attached hydrogens (primary N) is 1. The summed E-state index contributed by atoms with van der Waals surface area (Å²) in [6, 6.07) is 18.6. The first-order chi connectivity index (χ1) is 11.1. The van der Waals surface area contributed by atoms with Crippen LogP contribution >= 0.6 is 0 Å². The minimum atomic E-state index is 0.120. The van der Waals surface area contributed by atoms with Crippen LogP contribution in [0, 0.1) is 0 Å². The van der Waals surface area contributed by atoms with Gasteiger partial charge < -0.3 is 20.3 Å². The van der Waals surface area contributed by atoms with Crippen LogP contribution < -0.4 is 15.4 Å². The molecule has 0 aromatic heterocycles.